The molecule has 120 valence electrons. The molecule has 1 fully saturated rings. The van der Waals surface area contributed by atoms with Gasteiger partial charge in [-0.05, 0) is 24.3 Å². The first kappa shape index (κ1) is 16.5. The molecule has 1 heterocycles. The number of amides is 1. The summed E-state index contributed by atoms with van der Waals surface area (Å²) in [5.41, 5.74) is 1.09. The molecule has 1 aromatic carbocycles. The summed E-state index contributed by atoms with van der Waals surface area (Å²) in [6.45, 7) is 2.29. The van der Waals surface area contributed by atoms with Gasteiger partial charge in [0, 0.05) is 30.5 Å². The minimum Gasteiger partial charge on any atom is -0.465 e. The molecule has 0 bridgehead atoms. The molecule has 23 heavy (non-hydrogen) atoms. The first-order valence-electron chi connectivity index (χ1n) is 7.08. The highest BCUT2D eigenvalue weighted by Gasteiger charge is 2.18. The highest BCUT2D eigenvalue weighted by atomic mass is 16.5. The van der Waals surface area contributed by atoms with Crippen LogP contribution in [-0.4, -0.2) is 50.2 Å². The molecule has 1 N–H and O–H groups in total. The van der Waals surface area contributed by atoms with E-state index < -0.39 is 5.97 Å². The van der Waals surface area contributed by atoms with Crippen molar-refractivity contribution >= 4 is 17.6 Å². The van der Waals surface area contributed by atoms with Crippen LogP contribution in [0.1, 0.15) is 10.4 Å². The van der Waals surface area contributed by atoms with Crippen molar-refractivity contribution in [2.75, 3.05) is 38.7 Å². The van der Waals surface area contributed by atoms with Crippen molar-refractivity contribution in [3.8, 4) is 6.07 Å². The summed E-state index contributed by atoms with van der Waals surface area (Å²) >= 11 is 0. The molecule has 1 amide bonds. The Bertz CT molecular complexity index is 640. The third-order valence-corrected chi connectivity index (χ3v) is 3.34. The van der Waals surface area contributed by atoms with Crippen LogP contribution in [0.5, 0.6) is 0 Å². The molecular weight excluding hydrogens is 298 g/mol. The maximum atomic E-state index is 12.3. The Morgan fingerprint density at radius 2 is 1.96 bits per heavy atom. The van der Waals surface area contributed by atoms with Gasteiger partial charge in [-0.3, -0.25) is 4.79 Å². The van der Waals surface area contributed by atoms with Crippen molar-refractivity contribution in [1.29, 1.82) is 5.26 Å². The lowest BCUT2D eigenvalue weighted by Gasteiger charge is -2.26. The Kier molecular flexibility index (Phi) is 5.72. The second-order valence-corrected chi connectivity index (χ2v) is 4.79. The number of nitrogens with one attached hydrogen (secondary N) is 1. The lowest BCUT2D eigenvalue weighted by atomic mass is 10.1. The fraction of sp³-hybridized carbons (Fsp3) is 0.312. The van der Waals surface area contributed by atoms with Crippen molar-refractivity contribution in [3.05, 3.63) is 41.6 Å². The molecule has 0 aromatic heterocycles. The molecule has 0 saturated carbocycles. The van der Waals surface area contributed by atoms with E-state index in [2.05, 4.69) is 10.1 Å². The molecule has 2 rings (SSSR count). The Hall–Kier alpha value is -2.85. The molecule has 0 aliphatic carbocycles. The number of carbonyl (C=O) groups excluding carboxylic acids is 2. The molecule has 7 heteroatoms. The lowest BCUT2D eigenvalue weighted by Crippen LogP contribution is -2.40. The fourth-order valence-electron chi connectivity index (χ4n) is 2.06. The molecule has 1 aliphatic heterocycles. The minimum absolute atomic E-state index is 0.0392. The van der Waals surface area contributed by atoms with E-state index >= 15 is 0 Å². The topological polar surface area (TPSA) is 91.7 Å². The summed E-state index contributed by atoms with van der Waals surface area (Å²) in [6, 6.07) is 8.54. The monoisotopic (exact) mass is 315 g/mol. The van der Waals surface area contributed by atoms with E-state index in [-0.39, 0.29) is 11.5 Å². The zero-order chi connectivity index (χ0) is 16.7. The van der Waals surface area contributed by atoms with Crippen LogP contribution in [0.3, 0.4) is 0 Å². The van der Waals surface area contributed by atoms with Gasteiger partial charge in [0.15, 0.2) is 5.57 Å². The van der Waals surface area contributed by atoms with E-state index in [9.17, 15) is 9.59 Å². The third kappa shape index (κ3) is 4.31. The predicted octanol–water partition coefficient (Wildman–Crippen LogP) is 1.15. The summed E-state index contributed by atoms with van der Waals surface area (Å²) in [6.07, 6.45) is 1.27. The first-order chi connectivity index (χ1) is 11.2. The molecule has 7 nitrogen and oxygen atoms in total. The minimum atomic E-state index is -0.709. The van der Waals surface area contributed by atoms with Crippen LogP contribution >= 0.6 is 0 Å². The zero-order valence-corrected chi connectivity index (χ0v) is 12.7. The van der Waals surface area contributed by atoms with Crippen molar-refractivity contribution in [3.63, 3.8) is 0 Å². The van der Waals surface area contributed by atoms with Crippen LogP contribution in [-0.2, 0) is 14.3 Å². The Morgan fingerprint density at radius 1 is 1.30 bits per heavy atom. The summed E-state index contributed by atoms with van der Waals surface area (Å²) in [4.78, 5) is 25.3. The van der Waals surface area contributed by atoms with Gasteiger partial charge < -0.3 is 19.7 Å². The van der Waals surface area contributed by atoms with Crippen LogP contribution in [0.4, 0.5) is 5.69 Å². The number of hydrogen-bond acceptors (Lipinski definition) is 6. The van der Waals surface area contributed by atoms with Gasteiger partial charge in [0.2, 0.25) is 0 Å². The SMILES string of the molecule is COC(=O)/C(C#N)=C/Nc1ccc(C(=O)N2CCOCC2)cc1. The lowest BCUT2D eigenvalue weighted by molar-refractivity contribution is -0.135. The van der Waals surface area contributed by atoms with Crippen molar-refractivity contribution in [2.24, 2.45) is 0 Å². The predicted molar refractivity (Wildman–Crippen MR) is 82.5 cm³/mol. The van der Waals surface area contributed by atoms with Gasteiger partial charge in [-0.1, -0.05) is 0 Å². The molecule has 1 saturated heterocycles. The normalized spacial score (nSPS) is 14.8. The van der Waals surface area contributed by atoms with E-state index in [0.29, 0.717) is 37.6 Å². The maximum absolute atomic E-state index is 12.3. The summed E-state index contributed by atoms with van der Waals surface area (Å²) in [7, 11) is 1.21. The van der Waals surface area contributed by atoms with Crippen LogP contribution in [0, 0.1) is 11.3 Å². The summed E-state index contributed by atoms with van der Waals surface area (Å²) < 4.78 is 9.70. The average molecular weight is 315 g/mol. The van der Waals surface area contributed by atoms with Gasteiger partial charge in [0.1, 0.15) is 6.07 Å². The van der Waals surface area contributed by atoms with Crippen molar-refractivity contribution < 1.29 is 19.1 Å². The number of rotatable bonds is 4. The van der Waals surface area contributed by atoms with Gasteiger partial charge in [-0.2, -0.15) is 5.26 Å². The zero-order valence-electron chi connectivity index (χ0n) is 12.7. The van der Waals surface area contributed by atoms with Crippen LogP contribution in [0.25, 0.3) is 0 Å². The molecule has 0 radical (unpaired) electrons. The number of nitrogens with zero attached hydrogens (tertiary/aromatic N) is 2. The number of esters is 1. The third-order valence-electron chi connectivity index (χ3n) is 3.34. The quantitative estimate of drug-likeness (QED) is 0.509. The molecule has 0 atom stereocenters. The Labute approximate surface area is 134 Å². The number of anilines is 1. The highest BCUT2D eigenvalue weighted by Crippen LogP contribution is 2.13. The average Bonchev–Trinajstić information content (AvgIpc) is 2.62. The second kappa shape index (κ2) is 7.96. The highest BCUT2D eigenvalue weighted by molar-refractivity contribution is 5.95. The van der Waals surface area contributed by atoms with E-state index in [1.807, 2.05) is 0 Å². The Morgan fingerprint density at radius 3 is 2.52 bits per heavy atom. The standard InChI is InChI=1S/C16H17N3O4/c1-22-16(21)13(10-17)11-18-14-4-2-12(3-5-14)15(20)19-6-8-23-9-7-19/h2-5,11,18H,6-9H2,1H3/b13-11+. The molecule has 1 aliphatic rings. The maximum Gasteiger partial charge on any atom is 0.350 e. The van der Waals surface area contributed by atoms with Gasteiger partial charge in [-0.15, -0.1) is 0 Å². The number of nitriles is 1. The fourth-order valence-corrected chi connectivity index (χ4v) is 2.06. The number of carbonyl (C=O) groups is 2. The van der Waals surface area contributed by atoms with E-state index in [4.69, 9.17) is 10.00 Å². The van der Waals surface area contributed by atoms with Gasteiger partial charge in [0.25, 0.3) is 5.91 Å². The second-order valence-electron chi connectivity index (χ2n) is 4.79. The smallest absolute Gasteiger partial charge is 0.350 e. The number of methoxy groups -OCH3 is 1. The van der Waals surface area contributed by atoms with Gasteiger partial charge in [0.05, 0.1) is 20.3 Å². The van der Waals surface area contributed by atoms with Crippen LogP contribution < -0.4 is 5.32 Å². The van der Waals surface area contributed by atoms with Crippen molar-refractivity contribution in [2.45, 2.75) is 0 Å². The number of hydrogen-bond donors (Lipinski definition) is 1. The largest absolute Gasteiger partial charge is 0.465 e. The van der Waals surface area contributed by atoms with E-state index in [0.717, 1.165) is 0 Å². The number of morpholine rings is 1. The van der Waals surface area contributed by atoms with Crippen molar-refractivity contribution in [1.82, 2.24) is 4.90 Å². The first-order valence-corrected chi connectivity index (χ1v) is 7.08. The van der Waals surface area contributed by atoms with Crippen LogP contribution in [0.15, 0.2) is 36.0 Å². The van der Waals surface area contributed by atoms with Gasteiger partial charge >= 0.3 is 5.97 Å². The van der Waals surface area contributed by atoms with Gasteiger partial charge in [-0.25, -0.2) is 4.79 Å². The Balaban J connectivity index is 2.02. The summed E-state index contributed by atoms with van der Waals surface area (Å²) in [5, 5.41) is 11.7. The molecular formula is C16H17N3O4. The molecule has 1 aromatic rings. The number of ether oxygens (including phenoxy) is 2. The summed E-state index contributed by atoms with van der Waals surface area (Å²) in [5.74, 6) is -0.748. The molecule has 0 spiro atoms. The molecule has 0 unspecified atom stereocenters. The van der Waals surface area contributed by atoms with Crippen LogP contribution in [0.2, 0.25) is 0 Å². The number of benzene rings is 1. The van der Waals surface area contributed by atoms with E-state index in [1.165, 1.54) is 13.3 Å². The van der Waals surface area contributed by atoms with E-state index in [1.54, 1.807) is 35.2 Å².